The summed E-state index contributed by atoms with van der Waals surface area (Å²) in [5.74, 6) is 1.12. The maximum atomic E-state index is 13.5. The lowest BCUT2D eigenvalue weighted by Crippen LogP contribution is -2.29. The zero-order valence-corrected chi connectivity index (χ0v) is 23.9. The predicted molar refractivity (Wildman–Crippen MR) is 153 cm³/mol. The molecule has 1 aliphatic rings. The third kappa shape index (κ3) is 4.98. The molecule has 196 valence electrons. The smallest absolute Gasteiger partial charge is 0.241 e. The standard InChI is InChI=1S/C29H27BrN2O5S/c1-31-26-17(15-30)7-6-8-19(26)29(34)32-21-11-9-16-13-23(35-2)27(36-3)28(37-4)25(16)18-10-12-24(38-5)22(33)14-20(18)21/h6-8,10,12-14,21H,9,11,15H2,2-5H3,(H,32,34)/t21-/m0/s1. The molecule has 0 fully saturated rings. The number of para-hydroxylation sites is 1. The van der Waals surface area contributed by atoms with E-state index in [-0.39, 0.29) is 11.3 Å². The number of ether oxygens (including phenoxy) is 3. The number of rotatable bonds is 7. The summed E-state index contributed by atoms with van der Waals surface area (Å²) in [4.78, 5) is 30.9. The van der Waals surface area contributed by atoms with E-state index in [0.717, 1.165) is 22.3 Å². The first kappa shape index (κ1) is 27.6. The molecular formula is C29H27BrN2O5S. The highest BCUT2D eigenvalue weighted by Crippen LogP contribution is 2.50. The summed E-state index contributed by atoms with van der Waals surface area (Å²) in [6.07, 6.45) is 2.95. The summed E-state index contributed by atoms with van der Waals surface area (Å²) >= 11 is 4.76. The number of thioether (sulfide) groups is 1. The second kappa shape index (κ2) is 11.9. The van der Waals surface area contributed by atoms with Crippen LogP contribution in [0.15, 0.2) is 52.2 Å². The first-order valence-electron chi connectivity index (χ1n) is 11.8. The van der Waals surface area contributed by atoms with Crippen LogP contribution >= 0.6 is 27.7 Å². The lowest BCUT2D eigenvalue weighted by molar-refractivity contribution is 0.0936. The van der Waals surface area contributed by atoms with E-state index in [1.165, 1.54) is 11.8 Å². The topological polar surface area (TPSA) is 78.2 Å². The van der Waals surface area contributed by atoms with E-state index in [1.807, 2.05) is 24.5 Å². The maximum Gasteiger partial charge on any atom is 0.241 e. The Balaban J connectivity index is 1.93. The quantitative estimate of drug-likeness (QED) is 0.196. The Morgan fingerprint density at radius 1 is 1.13 bits per heavy atom. The number of carbonyl (C=O) groups excluding carboxylic acids is 1. The van der Waals surface area contributed by atoms with Gasteiger partial charge < -0.3 is 19.5 Å². The number of amides is 1. The molecule has 0 spiro atoms. The number of fused-ring (bicyclic) bond motifs is 3. The number of carbonyl (C=O) groups is 1. The SMILES string of the molecule is [C-]#[N+]c1c(CBr)cccc1C(=O)N[C@H]1CCc2cc(OC)c(OC)c(OC)c2-c2ccc(SC)c(=O)cc21. The molecule has 9 heteroatoms. The average Bonchev–Trinajstić information content (AvgIpc) is 3.19. The van der Waals surface area contributed by atoms with Crippen molar-refractivity contribution in [3.63, 3.8) is 0 Å². The Bertz CT molecular complexity index is 1500. The molecule has 0 saturated carbocycles. The summed E-state index contributed by atoms with van der Waals surface area (Å²) < 4.78 is 17.1. The van der Waals surface area contributed by atoms with E-state index in [4.69, 9.17) is 20.8 Å². The third-order valence-corrected chi connectivity index (χ3v) is 8.03. The highest BCUT2D eigenvalue weighted by molar-refractivity contribution is 9.08. The predicted octanol–water partition coefficient (Wildman–Crippen LogP) is 6.32. The minimum Gasteiger partial charge on any atom is -0.493 e. The summed E-state index contributed by atoms with van der Waals surface area (Å²) in [6, 6.07) is 12.0. The molecule has 0 aliphatic heterocycles. The lowest BCUT2D eigenvalue weighted by atomic mass is 9.95. The molecule has 4 rings (SSSR count). The van der Waals surface area contributed by atoms with E-state index < -0.39 is 6.04 Å². The Kier molecular flexibility index (Phi) is 8.65. The van der Waals surface area contributed by atoms with Gasteiger partial charge in [0.15, 0.2) is 16.9 Å². The van der Waals surface area contributed by atoms with Crippen molar-refractivity contribution < 1.29 is 19.0 Å². The van der Waals surface area contributed by atoms with Gasteiger partial charge in [-0.3, -0.25) is 9.59 Å². The third-order valence-electron chi connectivity index (χ3n) is 6.65. The van der Waals surface area contributed by atoms with Crippen LogP contribution in [0.3, 0.4) is 0 Å². The monoisotopic (exact) mass is 594 g/mol. The van der Waals surface area contributed by atoms with Crippen LogP contribution < -0.4 is 25.0 Å². The summed E-state index contributed by atoms with van der Waals surface area (Å²) in [5.41, 5.74) is 4.39. The van der Waals surface area contributed by atoms with Gasteiger partial charge in [-0.25, -0.2) is 4.85 Å². The van der Waals surface area contributed by atoms with Gasteiger partial charge in [-0.2, -0.15) is 0 Å². The molecule has 1 amide bonds. The van der Waals surface area contributed by atoms with Crippen molar-refractivity contribution in [3.8, 4) is 28.4 Å². The van der Waals surface area contributed by atoms with Gasteiger partial charge in [0.2, 0.25) is 17.3 Å². The second-order valence-corrected chi connectivity index (χ2v) is 9.99. The van der Waals surface area contributed by atoms with Crippen LogP contribution in [-0.2, 0) is 11.8 Å². The number of nitrogens with one attached hydrogen (secondary N) is 1. The zero-order valence-electron chi connectivity index (χ0n) is 21.5. The molecule has 3 aromatic carbocycles. The first-order valence-corrected chi connectivity index (χ1v) is 14.2. The van der Waals surface area contributed by atoms with Crippen molar-refractivity contribution in [3.05, 3.63) is 86.4 Å². The average molecular weight is 596 g/mol. The van der Waals surface area contributed by atoms with Crippen LogP contribution in [0.25, 0.3) is 16.0 Å². The molecule has 0 unspecified atom stereocenters. The van der Waals surface area contributed by atoms with Gasteiger partial charge in [0, 0.05) is 16.5 Å². The largest absolute Gasteiger partial charge is 0.493 e. The molecule has 3 aromatic rings. The first-order chi connectivity index (χ1) is 18.4. The van der Waals surface area contributed by atoms with Gasteiger partial charge in [-0.05, 0) is 59.6 Å². The van der Waals surface area contributed by atoms with E-state index in [2.05, 4.69) is 26.1 Å². The zero-order chi connectivity index (χ0) is 27.4. The summed E-state index contributed by atoms with van der Waals surface area (Å²) in [5, 5.41) is 3.58. The molecule has 0 radical (unpaired) electrons. The molecule has 7 nitrogen and oxygen atoms in total. The highest BCUT2D eigenvalue weighted by Gasteiger charge is 2.30. The number of halogens is 1. The van der Waals surface area contributed by atoms with Crippen molar-refractivity contribution in [1.29, 1.82) is 0 Å². The summed E-state index contributed by atoms with van der Waals surface area (Å²) in [6.45, 7) is 7.64. The van der Waals surface area contributed by atoms with Crippen LogP contribution in [0.5, 0.6) is 17.2 Å². The number of nitrogens with zero attached hydrogens (tertiary/aromatic N) is 1. The molecule has 1 atom stereocenters. The van der Waals surface area contributed by atoms with Crippen molar-refractivity contribution in [1.82, 2.24) is 5.32 Å². The van der Waals surface area contributed by atoms with Crippen LogP contribution in [-0.4, -0.2) is 33.5 Å². The number of methoxy groups -OCH3 is 3. The molecule has 0 bridgehead atoms. The van der Waals surface area contributed by atoms with Crippen molar-refractivity contribution >= 4 is 39.3 Å². The fraction of sp³-hybridized carbons (Fsp3) is 0.276. The van der Waals surface area contributed by atoms with Gasteiger partial charge in [0.05, 0.1) is 38.8 Å². The Labute approximate surface area is 234 Å². The van der Waals surface area contributed by atoms with Crippen LogP contribution in [0.4, 0.5) is 5.69 Å². The highest BCUT2D eigenvalue weighted by atomic mass is 79.9. The van der Waals surface area contributed by atoms with E-state index >= 15 is 0 Å². The van der Waals surface area contributed by atoms with Crippen LogP contribution in [0, 0.1) is 6.57 Å². The normalized spacial score (nSPS) is 13.8. The van der Waals surface area contributed by atoms with Crippen molar-refractivity contribution in [2.24, 2.45) is 0 Å². The van der Waals surface area contributed by atoms with Crippen molar-refractivity contribution in [2.75, 3.05) is 27.6 Å². The minimum atomic E-state index is -0.493. The van der Waals surface area contributed by atoms with E-state index in [0.29, 0.717) is 57.1 Å². The van der Waals surface area contributed by atoms with Crippen LogP contribution in [0.1, 0.15) is 39.5 Å². The second-order valence-electron chi connectivity index (χ2n) is 8.58. The molecule has 1 aliphatic carbocycles. The Morgan fingerprint density at radius 3 is 2.53 bits per heavy atom. The fourth-order valence-electron chi connectivity index (χ4n) is 4.87. The lowest BCUT2D eigenvalue weighted by Gasteiger charge is -2.20. The molecular weight excluding hydrogens is 568 g/mol. The Hall–Kier alpha value is -3.48. The van der Waals surface area contributed by atoms with Gasteiger partial charge in [0.1, 0.15) is 0 Å². The van der Waals surface area contributed by atoms with Gasteiger partial charge in [-0.1, -0.05) is 40.2 Å². The number of alkyl halides is 1. The Morgan fingerprint density at radius 2 is 1.89 bits per heavy atom. The molecule has 0 heterocycles. The summed E-state index contributed by atoms with van der Waals surface area (Å²) in [7, 11) is 4.69. The van der Waals surface area contributed by atoms with Gasteiger partial charge >= 0.3 is 0 Å². The molecule has 0 saturated heterocycles. The van der Waals surface area contributed by atoms with Crippen molar-refractivity contribution in [2.45, 2.75) is 29.1 Å². The minimum absolute atomic E-state index is 0.135. The van der Waals surface area contributed by atoms with Crippen LogP contribution in [0.2, 0.25) is 0 Å². The number of benzene rings is 2. The molecule has 0 aromatic heterocycles. The molecule has 1 N–H and O–H groups in total. The number of hydrogen-bond donors (Lipinski definition) is 1. The maximum absolute atomic E-state index is 13.5. The fourth-order valence-corrected chi connectivity index (χ4v) is 5.78. The number of aryl methyl sites for hydroxylation is 1. The van der Waals surface area contributed by atoms with Gasteiger partial charge in [-0.15, -0.1) is 11.8 Å². The van der Waals surface area contributed by atoms with Gasteiger partial charge in [0.25, 0.3) is 0 Å². The molecule has 38 heavy (non-hydrogen) atoms. The van der Waals surface area contributed by atoms with E-state index in [9.17, 15) is 9.59 Å². The van der Waals surface area contributed by atoms with E-state index in [1.54, 1.807) is 45.6 Å². The number of hydrogen-bond acceptors (Lipinski definition) is 6.